The number of amides is 1. The van der Waals surface area contributed by atoms with Crippen LogP contribution in [0.5, 0.6) is 5.75 Å². The van der Waals surface area contributed by atoms with Gasteiger partial charge in [-0.25, -0.2) is 8.78 Å². The van der Waals surface area contributed by atoms with Crippen LogP contribution in [0.1, 0.15) is 34.5 Å². The summed E-state index contributed by atoms with van der Waals surface area (Å²) in [6.07, 6.45) is 0. The van der Waals surface area contributed by atoms with E-state index in [-0.39, 0.29) is 37.8 Å². The van der Waals surface area contributed by atoms with Gasteiger partial charge in [0, 0.05) is 22.7 Å². The standard InChI is InChI=1S/C21H16Cl2F2N2O5/c1-8(20(31)26-7-15(28)29)16-9(2)27(14-6-13(24)19(30)18(25)17(14)16)21(32)10-3-4-11(22)12(23)5-10/h3-6,8,30H,7H2,1-2H3,(H,26,31)(H,28,29). The van der Waals surface area contributed by atoms with Crippen molar-refractivity contribution in [3.05, 3.63) is 62.8 Å². The van der Waals surface area contributed by atoms with Gasteiger partial charge in [-0.2, -0.15) is 0 Å². The maximum absolute atomic E-state index is 15.0. The van der Waals surface area contributed by atoms with E-state index in [1.807, 2.05) is 0 Å². The lowest BCUT2D eigenvalue weighted by Crippen LogP contribution is -2.32. The normalized spacial score (nSPS) is 12.1. The van der Waals surface area contributed by atoms with Crippen molar-refractivity contribution < 1.29 is 33.4 Å². The zero-order chi connectivity index (χ0) is 23.9. The Morgan fingerprint density at radius 3 is 2.41 bits per heavy atom. The van der Waals surface area contributed by atoms with Gasteiger partial charge in [0.25, 0.3) is 5.91 Å². The third-order valence-corrected chi connectivity index (χ3v) is 5.76. The minimum Gasteiger partial charge on any atom is -0.503 e. The second kappa shape index (κ2) is 8.76. The minimum absolute atomic E-state index is 0.0101. The fourth-order valence-electron chi connectivity index (χ4n) is 3.51. The smallest absolute Gasteiger partial charge is 0.322 e. The molecule has 0 aliphatic carbocycles. The molecule has 0 bridgehead atoms. The van der Waals surface area contributed by atoms with Crippen LogP contribution in [-0.2, 0) is 9.59 Å². The number of carboxylic acids is 1. The maximum Gasteiger partial charge on any atom is 0.322 e. The number of carbonyl (C=O) groups excluding carboxylic acids is 2. The number of rotatable bonds is 5. The number of benzene rings is 2. The van der Waals surface area contributed by atoms with Gasteiger partial charge in [0.1, 0.15) is 6.54 Å². The van der Waals surface area contributed by atoms with E-state index in [0.29, 0.717) is 0 Å². The number of fused-ring (bicyclic) bond motifs is 1. The van der Waals surface area contributed by atoms with Crippen LogP contribution in [0.25, 0.3) is 10.9 Å². The molecule has 1 atom stereocenters. The van der Waals surface area contributed by atoms with Gasteiger partial charge in [0.2, 0.25) is 5.91 Å². The lowest BCUT2D eigenvalue weighted by molar-refractivity contribution is -0.138. The van der Waals surface area contributed by atoms with Gasteiger partial charge in [0.05, 0.1) is 21.5 Å². The third kappa shape index (κ3) is 4.01. The maximum atomic E-state index is 15.0. The van der Waals surface area contributed by atoms with E-state index < -0.39 is 47.6 Å². The number of aliphatic carboxylic acids is 1. The van der Waals surface area contributed by atoms with Crippen LogP contribution in [0.3, 0.4) is 0 Å². The largest absolute Gasteiger partial charge is 0.503 e. The van der Waals surface area contributed by atoms with Crippen molar-refractivity contribution in [2.24, 2.45) is 0 Å². The minimum atomic E-state index is -1.35. The molecular formula is C21H16Cl2F2N2O5. The summed E-state index contributed by atoms with van der Waals surface area (Å²) in [5.74, 6) is -7.82. The predicted octanol–water partition coefficient (Wildman–Crippen LogP) is 4.23. The number of nitrogens with one attached hydrogen (secondary N) is 1. The fraction of sp³-hybridized carbons (Fsp3) is 0.190. The van der Waals surface area contributed by atoms with Crippen molar-refractivity contribution in [2.75, 3.05) is 6.54 Å². The first-order valence-corrected chi connectivity index (χ1v) is 9.92. The van der Waals surface area contributed by atoms with Gasteiger partial charge in [-0.1, -0.05) is 23.2 Å². The number of carbonyl (C=O) groups is 3. The highest BCUT2D eigenvalue weighted by Crippen LogP contribution is 2.38. The summed E-state index contributed by atoms with van der Waals surface area (Å²) < 4.78 is 30.1. The Morgan fingerprint density at radius 1 is 1.16 bits per heavy atom. The number of phenols is 1. The van der Waals surface area contributed by atoms with Crippen molar-refractivity contribution >= 4 is 51.9 Å². The number of halogens is 4. The Hall–Kier alpha value is -3.17. The first kappa shape index (κ1) is 23.5. The Kier molecular flexibility index (Phi) is 6.43. The van der Waals surface area contributed by atoms with E-state index in [4.69, 9.17) is 28.3 Å². The van der Waals surface area contributed by atoms with Crippen molar-refractivity contribution in [3.63, 3.8) is 0 Å². The second-order valence-electron chi connectivity index (χ2n) is 7.02. The van der Waals surface area contributed by atoms with Crippen LogP contribution >= 0.6 is 23.2 Å². The Bertz CT molecular complexity index is 1290. The average molecular weight is 485 g/mol. The molecule has 0 radical (unpaired) electrons. The lowest BCUT2D eigenvalue weighted by atomic mass is 9.96. The average Bonchev–Trinajstić information content (AvgIpc) is 3.02. The SMILES string of the molecule is Cc1c(C(C)C(=O)NCC(=O)O)c2c(F)c(O)c(F)cc2n1C(=O)c1ccc(Cl)c(Cl)c1. The fourth-order valence-corrected chi connectivity index (χ4v) is 3.81. The summed E-state index contributed by atoms with van der Waals surface area (Å²) in [6.45, 7) is 2.11. The summed E-state index contributed by atoms with van der Waals surface area (Å²) in [5.41, 5.74) is -0.0795. The quantitative estimate of drug-likeness (QED) is 0.501. The molecule has 0 spiro atoms. The number of nitrogens with zero attached hydrogens (tertiary/aromatic N) is 1. The molecule has 0 fully saturated rings. The van der Waals surface area contributed by atoms with E-state index in [0.717, 1.165) is 10.6 Å². The molecule has 1 unspecified atom stereocenters. The zero-order valence-corrected chi connectivity index (χ0v) is 18.2. The molecule has 1 heterocycles. The van der Waals surface area contributed by atoms with Gasteiger partial charge < -0.3 is 15.5 Å². The summed E-state index contributed by atoms with van der Waals surface area (Å²) >= 11 is 11.9. The molecule has 1 aromatic heterocycles. The van der Waals surface area contributed by atoms with Gasteiger partial charge >= 0.3 is 5.97 Å². The lowest BCUT2D eigenvalue weighted by Gasteiger charge is -2.13. The molecule has 3 aromatic rings. The predicted molar refractivity (Wildman–Crippen MR) is 114 cm³/mol. The number of hydrogen-bond donors (Lipinski definition) is 3. The topological polar surface area (TPSA) is 109 Å². The highest BCUT2D eigenvalue weighted by molar-refractivity contribution is 6.42. The number of hydrogen-bond acceptors (Lipinski definition) is 4. The summed E-state index contributed by atoms with van der Waals surface area (Å²) in [4.78, 5) is 36.5. The molecule has 2 aromatic carbocycles. The van der Waals surface area contributed by atoms with E-state index in [1.165, 1.54) is 32.0 Å². The van der Waals surface area contributed by atoms with Crippen molar-refractivity contribution in [1.29, 1.82) is 0 Å². The van der Waals surface area contributed by atoms with E-state index in [9.17, 15) is 28.3 Å². The van der Waals surface area contributed by atoms with Crippen LogP contribution in [0.4, 0.5) is 8.78 Å². The molecule has 168 valence electrons. The van der Waals surface area contributed by atoms with Crippen LogP contribution in [-0.4, -0.2) is 39.1 Å². The van der Waals surface area contributed by atoms with Crippen LogP contribution in [0.2, 0.25) is 10.0 Å². The molecule has 1 amide bonds. The van der Waals surface area contributed by atoms with E-state index in [1.54, 1.807) is 0 Å². The monoisotopic (exact) mass is 484 g/mol. The highest BCUT2D eigenvalue weighted by Gasteiger charge is 2.31. The molecule has 0 aliphatic heterocycles. The van der Waals surface area contributed by atoms with Gasteiger partial charge in [-0.3, -0.25) is 19.0 Å². The van der Waals surface area contributed by atoms with Gasteiger partial charge in [-0.05, 0) is 37.6 Å². The van der Waals surface area contributed by atoms with Crippen LogP contribution in [0, 0.1) is 18.6 Å². The van der Waals surface area contributed by atoms with Crippen molar-refractivity contribution in [3.8, 4) is 5.75 Å². The number of aromatic hydroxyl groups is 1. The second-order valence-corrected chi connectivity index (χ2v) is 7.83. The molecular weight excluding hydrogens is 469 g/mol. The van der Waals surface area contributed by atoms with Gasteiger partial charge in [-0.15, -0.1) is 0 Å². The summed E-state index contributed by atoms with van der Waals surface area (Å²) in [5, 5.41) is 20.7. The number of carboxylic acid groups (broad SMARTS) is 1. The Morgan fingerprint density at radius 2 is 1.81 bits per heavy atom. The van der Waals surface area contributed by atoms with E-state index in [2.05, 4.69) is 5.32 Å². The molecule has 0 saturated carbocycles. The Labute approximate surface area is 190 Å². The van der Waals surface area contributed by atoms with Crippen LogP contribution < -0.4 is 5.32 Å². The Balaban J connectivity index is 2.27. The first-order chi connectivity index (χ1) is 15.0. The number of phenolic OH excluding ortho intramolecular Hbond substituents is 1. The number of aromatic nitrogens is 1. The summed E-state index contributed by atoms with van der Waals surface area (Å²) in [7, 11) is 0. The molecule has 3 rings (SSSR count). The molecule has 7 nitrogen and oxygen atoms in total. The zero-order valence-electron chi connectivity index (χ0n) is 16.7. The third-order valence-electron chi connectivity index (χ3n) is 5.02. The molecule has 32 heavy (non-hydrogen) atoms. The van der Waals surface area contributed by atoms with E-state index >= 15 is 0 Å². The van der Waals surface area contributed by atoms with Crippen LogP contribution in [0.15, 0.2) is 24.3 Å². The molecule has 11 heteroatoms. The van der Waals surface area contributed by atoms with Crippen molar-refractivity contribution in [2.45, 2.75) is 19.8 Å². The summed E-state index contributed by atoms with van der Waals surface area (Å²) in [6, 6.07) is 4.82. The van der Waals surface area contributed by atoms with Gasteiger partial charge in [0.15, 0.2) is 17.4 Å². The first-order valence-electron chi connectivity index (χ1n) is 9.16. The molecule has 3 N–H and O–H groups in total. The van der Waals surface area contributed by atoms with Crippen molar-refractivity contribution in [1.82, 2.24) is 9.88 Å². The molecule has 0 aliphatic rings. The molecule has 0 saturated heterocycles. The highest BCUT2D eigenvalue weighted by atomic mass is 35.5.